The van der Waals surface area contributed by atoms with E-state index in [0.29, 0.717) is 0 Å². The van der Waals surface area contributed by atoms with E-state index in [4.69, 9.17) is 0 Å². The Balaban J connectivity index is 1.98. The third-order valence-corrected chi connectivity index (χ3v) is 3.75. The van der Waals surface area contributed by atoms with Crippen LogP contribution in [-0.2, 0) is 13.1 Å². The molecule has 0 atom stereocenters. The fourth-order valence-corrected chi connectivity index (χ4v) is 2.74. The molecular weight excluding hydrogens is 288 g/mol. The standard InChI is InChI=1S/C15H11BrN2/c16-14-5-6-15(13(7-14)8-17)18-9-11-3-1-2-4-12(11)10-18/h1-7H,9-10H2. The van der Waals surface area contributed by atoms with Crippen molar-refractivity contribution in [3.05, 3.63) is 63.6 Å². The van der Waals surface area contributed by atoms with Crippen molar-refractivity contribution in [3.63, 3.8) is 0 Å². The maximum atomic E-state index is 9.22. The van der Waals surface area contributed by atoms with Crippen molar-refractivity contribution in [2.24, 2.45) is 0 Å². The van der Waals surface area contributed by atoms with Crippen molar-refractivity contribution in [3.8, 4) is 6.07 Å². The van der Waals surface area contributed by atoms with Crippen LogP contribution >= 0.6 is 15.9 Å². The Morgan fingerprint density at radius 1 is 1.06 bits per heavy atom. The Bertz CT molecular complexity index is 618. The minimum absolute atomic E-state index is 0.720. The van der Waals surface area contributed by atoms with Gasteiger partial charge < -0.3 is 4.90 Å². The summed E-state index contributed by atoms with van der Waals surface area (Å²) in [4.78, 5) is 2.25. The highest BCUT2D eigenvalue weighted by Crippen LogP contribution is 2.31. The van der Waals surface area contributed by atoms with Crippen molar-refractivity contribution < 1.29 is 0 Å². The molecule has 1 aliphatic heterocycles. The van der Waals surface area contributed by atoms with Crippen LogP contribution in [-0.4, -0.2) is 0 Å². The lowest BCUT2D eigenvalue weighted by molar-refractivity contribution is 0.878. The number of benzene rings is 2. The zero-order chi connectivity index (χ0) is 12.5. The molecule has 88 valence electrons. The van der Waals surface area contributed by atoms with E-state index in [1.165, 1.54) is 11.1 Å². The predicted molar refractivity (Wildman–Crippen MR) is 75.2 cm³/mol. The quantitative estimate of drug-likeness (QED) is 0.800. The number of nitrogens with zero attached hydrogens (tertiary/aromatic N) is 2. The Labute approximate surface area is 115 Å². The molecule has 0 amide bonds. The molecule has 1 aliphatic rings. The molecule has 0 N–H and O–H groups in total. The Morgan fingerprint density at radius 2 is 1.72 bits per heavy atom. The van der Waals surface area contributed by atoms with Gasteiger partial charge in [0.25, 0.3) is 0 Å². The van der Waals surface area contributed by atoms with Crippen LogP contribution < -0.4 is 4.90 Å². The van der Waals surface area contributed by atoms with Crippen molar-refractivity contribution in [2.45, 2.75) is 13.1 Å². The van der Waals surface area contributed by atoms with Gasteiger partial charge >= 0.3 is 0 Å². The summed E-state index contributed by atoms with van der Waals surface area (Å²) in [6.45, 7) is 1.76. The van der Waals surface area contributed by atoms with Crippen molar-refractivity contribution in [1.29, 1.82) is 5.26 Å². The highest BCUT2D eigenvalue weighted by atomic mass is 79.9. The summed E-state index contributed by atoms with van der Waals surface area (Å²) in [5, 5.41) is 9.22. The molecule has 0 saturated carbocycles. The lowest BCUT2D eigenvalue weighted by atomic mass is 10.1. The SMILES string of the molecule is N#Cc1cc(Br)ccc1N1Cc2ccccc2C1. The van der Waals surface area contributed by atoms with Gasteiger partial charge in [0.15, 0.2) is 0 Å². The van der Waals surface area contributed by atoms with E-state index >= 15 is 0 Å². The number of halogens is 1. The summed E-state index contributed by atoms with van der Waals surface area (Å²) < 4.78 is 0.944. The van der Waals surface area contributed by atoms with Crippen molar-refractivity contribution in [2.75, 3.05) is 4.90 Å². The number of rotatable bonds is 1. The van der Waals surface area contributed by atoms with Crippen molar-refractivity contribution in [1.82, 2.24) is 0 Å². The highest BCUT2D eigenvalue weighted by Gasteiger charge is 2.20. The molecule has 0 bridgehead atoms. The first-order valence-electron chi connectivity index (χ1n) is 5.79. The van der Waals surface area contributed by atoms with E-state index in [-0.39, 0.29) is 0 Å². The molecule has 0 saturated heterocycles. The summed E-state index contributed by atoms with van der Waals surface area (Å²) in [5.74, 6) is 0. The minimum Gasteiger partial charge on any atom is -0.362 e. The largest absolute Gasteiger partial charge is 0.362 e. The maximum Gasteiger partial charge on any atom is 0.101 e. The fraction of sp³-hybridized carbons (Fsp3) is 0.133. The average Bonchev–Trinajstić information content (AvgIpc) is 2.82. The second-order valence-electron chi connectivity index (χ2n) is 4.40. The van der Waals surface area contributed by atoms with E-state index in [2.05, 4.69) is 51.2 Å². The third-order valence-electron chi connectivity index (χ3n) is 3.26. The van der Waals surface area contributed by atoms with E-state index in [1.54, 1.807) is 0 Å². The number of nitriles is 1. The van der Waals surface area contributed by atoms with Gasteiger partial charge in [-0.25, -0.2) is 0 Å². The molecule has 18 heavy (non-hydrogen) atoms. The molecule has 2 nitrogen and oxygen atoms in total. The van der Waals surface area contributed by atoms with Gasteiger partial charge in [0.2, 0.25) is 0 Å². The zero-order valence-corrected chi connectivity index (χ0v) is 11.3. The minimum atomic E-state index is 0.720. The van der Waals surface area contributed by atoms with Gasteiger partial charge in [-0.15, -0.1) is 0 Å². The molecule has 3 rings (SSSR count). The molecular formula is C15H11BrN2. The van der Waals surface area contributed by atoms with Crippen LogP contribution in [0.1, 0.15) is 16.7 Å². The Hall–Kier alpha value is -1.79. The summed E-state index contributed by atoms with van der Waals surface area (Å²) in [6, 6.07) is 16.6. The van der Waals surface area contributed by atoms with Gasteiger partial charge in [0, 0.05) is 17.6 Å². The van der Waals surface area contributed by atoms with Gasteiger partial charge in [-0.05, 0) is 29.3 Å². The van der Waals surface area contributed by atoms with E-state index in [9.17, 15) is 5.26 Å². The van der Waals surface area contributed by atoms with Gasteiger partial charge in [-0.3, -0.25) is 0 Å². The van der Waals surface area contributed by atoms with Crippen LogP contribution in [0.3, 0.4) is 0 Å². The molecule has 0 unspecified atom stereocenters. The lowest BCUT2D eigenvalue weighted by Crippen LogP contribution is -2.15. The first-order chi connectivity index (χ1) is 8.78. The van der Waals surface area contributed by atoms with Crippen molar-refractivity contribution >= 4 is 21.6 Å². The third kappa shape index (κ3) is 1.89. The Morgan fingerprint density at radius 3 is 2.33 bits per heavy atom. The van der Waals surface area contributed by atoms with E-state index in [0.717, 1.165) is 28.8 Å². The molecule has 2 aromatic carbocycles. The van der Waals surface area contributed by atoms with Crippen LogP contribution in [0, 0.1) is 11.3 Å². The lowest BCUT2D eigenvalue weighted by Gasteiger charge is -2.19. The van der Waals surface area contributed by atoms with E-state index in [1.807, 2.05) is 18.2 Å². The van der Waals surface area contributed by atoms with Crippen LogP contribution in [0.25, 0.3) is 0 Å². The van der Waals surface area contributed by atoms with Crippen LogP contribution in [0.4, 0.5) is 5.69 Å². The van der Waals surface area contributed by atoms with Gasteiger partial charge in [0.05, 0.1) is 11.3 Å². The molecule has 2 aromatic rings. The molecule has 0 aliphatic carbocycles. The summed E-state index contributed by atoms with van der Waals surface area (Å²) in [5.41, 5.74) is 4.43. The predicted octanol–water partition coefficient (Wildman–Crippen LogP) is 3.84. The number of anilines is 1. The van der Waals surface area contributed by atoms with Gasteiger partial charge in [-0.2, -0.15) is 5.26 Å². The zero-order valence-electron chi connectivity index (χ0n) is 9.73. The summed E-state index contributed by atoms with van der Waals surface area (Å²) in [7, 11) is 0. The Kier molecular flexibility index (Phi) is 2.81. The maximum absolute atomic E-state index is 9.22. The molecule has 0 aromatic heterocycles. The second kappa shape index (κ2) is 4.47. The second-order valence-corrected chi connectivity index (χ2v) is 5.31. The summed E-state index contributed by atoms with van der Waals surface area (Å²) >= 11 is 3.40. The molecule has 0 spiro atoms. The first kappa shape index (κ1) is 11.3. The number of hydrogen-bond acceptors (Lipinski definition) is 2. The van der Waals surface area contributed by atoms with E-state index < -0.39 is 0 Å². The first-order valence-corrected chi connectivity index (χ1v) is 6.58. The number of fused-ring (bicyclic) bond motifs is 1. The van der Waals surface area contributed by atoms with Gasteiger partial charge in [-0.1, -0.05) is 40.2 Å². The topological polar surface area (TPSA) is 27.0 Å². The average molecular weight is 299 g/mol. The summed E-state index contributed by atoms with van der Waals surface area (Å²) in [6.07, 6.45) is 0. The fourth-order valence-electron chi connectivity index (χ4n) is 2.38. The van der Waals surface area contributed by atoms with Crippen LogP contribution in [0.15, 0.2) is 46.9 Å². The van der Waals surface area contributed by atoms with Crippen LogP contribution in [0.2, 0.25) is 0 Å². The molecule has 0 fully saturated rings. The molecule has 1 heterocycles. The van der Waals surface area contributed by atoms with Crippen LogP contribution in [0.5, 0.6) is 0 Å². The smallest absolute Gasteiger partial charge is 0.101 e. The van der Waals surface area contributed by atoms with Gasteiger partial charge in [0.1, 0.15) is 6.07 Å². The number of hydrogen-bond donors (Lipinski definition) is 0. The molecule has 0 radical (unpaired) electrons. The molecule has 3 heteroatoms. The normalized spacial score (nSPS) is 13.2. The highest BCUT2D eigenvalue weighted by molar-refractivity contribution is 9.10. The monoisotopic (exact) mass is 298 g/mol.